The lowest BCUT2D eigenvalue weighted by Crippen LogP contribution is -2.50. The number of esters is 1. The van der Waals surface area contributed by atoms with E-state index in [2.05, 4.69) is 13.1 Å². The van der Waals surface area contributed by atoms with Gasteiger partial charge in [0.05, 0.1) is 19.0 Å². The topological polar surface area (TPSA) is 72.7 Å². The second-order valence-electron chi connectivity index (χ2n) is 10.7. The molecule has 1 aliphatic heterocycles. The Hall–Kier alpha value is -3.92. The smallest absolute Gasteiger partial charge is 0.310 e. The molecule has 0 atom stereocenters. The van der Waals surface area contributed by atoms with Crippen molar-refractivity contribution in [2.45, 2.75) is 26.4 Å². The minimum Gasteiger partial charge on any atom is -0.545 e. The number of hydrogen-bond donors (Lipinski definition) is 0. The Morgan fingerprint density at radius 3 is 2.30 bits per heavy atom. The lowest BCUT2D eigenvalue weighted by Gasteiger charge is -2.38. The fourth-order valence-corrected chi connectivity index (χ4v) is 8.37. The zero-order valence-corrected chi connectivity index (χ0v) is 24.5. The number of carbonyl (C=O) groups is 2. The average Bonchev–Trinajstić information content (AvgIpc) is 2.89. The third-order valence-electron chi connectivity index (χ3n) is 7.42. The van der Waals surface area contributed by atoms with E-state index in [0.717, 1.165) is 21.8 Å². The van der Waals surface area contributed by atoms with E-state index in [9.17, 15) is 14.7 Å². The molecule has 0 amide bonds. The summed E-state index contributed by atoms with van der Waals surface area (Å²) in [4.78, 5) is 26.4. The van der Waals surface area contributed by atoms with Gasteiger partial charge in [-0.1, -0.05) is 19.2 Å². The highest BCUT2D eigenvalue weighted by molar-refractivity contribution is 6.98. The molecular weight excluding hydrogens is 537 g/mol. The molecular formula is C30H31F3N2O4Si. The summed E-state index contributed by atoms with van der Waals surface area (Å²) in [6, 6.07) is 5.53. The number of anilines is 1. The summed E-state index contributed by atoms with van der Waals surface area (Å²) in [5, 5.41) is 14.0. The Kier molecular flexibility index (Phi) is 7.68. The SMILES string of the molecule is CCOC(=O)Cc1c(F)c(F)c(C(=O)[O-])c(C2=C3C=CC(=[N+](C)C)C=C3[Si](C)(C)c3cc(N(C)C)ccc32)c1F. The first-order valence-corrected chi connectivity index (χ1v) is 15.8. The molecule has 0 unspecified atom stereocenters. The molecule has 0 saturated heterocycles. The fraction of sp³-hybridized carbons (Fsp3) is 0.300. The predicted octanol–water partition coefficient (Wildman–Crippen LogP) is 3.12. The quantitative estimate of drug-likeness (QED) is 0.232. The Morgan fingerprint density at radius 1 is 1.05 bits per heavy atom. The van der Waals surface area contributed by atoms with Gasteiger partial charge in [-0.05, 0) is 52.2 Å². The number of fused-ring (bicyclic) bond motifs is 2. The molecule has 0 radical (unpaired) electrons. The van der Waals surface area contributed by atoms with Crippen LogP contribution in [0.15, 0.2) is 47.2 Å². The summed E-state index contributed by atoms with van der Waals surface area (Å²) in [5.41, 5.74) is 0.101. The van der Waals surface area contributed by atoms with E-state index >= 15 is 13.2 Å². The molecule has 0 fully saturated rings. The van der Waals surface area contributed by atoms with Crippen LogP contribution in [0.2, 0.25) is 13.1 Å². The van der Waals surface area contributed by atoms with Crippen LogP contribution in [0.1, 0.15) is 34.0 Å². The van der Waals surface area contributed by atoms with E-state index in [1.165, 1.54) is 6.92 Å². The van der Waals surface area contributed by atoms with Gasteiger partial charge in [-0.3, -0.25) is 4.79 Å². The number of hydrogen-bond acceptors (Lipinski definition) is 5. The molecule has 1 heterocycles. The Balaban J connectivity index is 2.20. The second kappa shape index (κ2) is 10.6. The normalized spacial score (nSPS) is 15.3. The number of allylic oxidation sites excluding steroid dienone is 5. The third kappa shape index (κ3) is 4.70. The molecule has 4 rings (SSSR count). The van der Waals surface area contributed by atoms with Gasteiger partial charge in [0.1, 0.15) is 28.0 Å². The molecule has 2 aromatic carbocycles. The summed E-state index contributed by atoms with van der Waals surface area (Å²) in [6.07, 6.45) is 4.62. The molecule has 10 heteroatoms. The van der Waals surface area contributed by atoms with Crippen LogP contribution in [0.4, 0.5) is 18.9 Å². The number of halogens is 3. The van der Waals surface area contributed by atoms with Crippen molar-refractivity contribution in [1.29, 1.82) is 0 Å². The van der Waals surface area contributed by atoms with Crippen molar-refractivity contribution in [1.82, 2.24) is 0 Å². The monoisotopic (exact) mass is 568 g/mol. The maximum Gasteiger partial charge on any atom is 0.310 e. The van der Waals surface area contributed by atoms with Gasteiger partial charge >= 0.3 is 5.97 Å². The first-order valence-electron chi connectivity index (χ1n) is 12.8. The van der Waals surface area contributed by atoms with Crippen molar-refractivity contribution in [3.8, 4) is 0 Å². The van der Waals surface area contributed by atoms with Crippen LogP contribution in [-0.2, 0) is 16.0 Å². The number of benzene rings is 2. The molecule has 0 saturated carbocycles. The first kappa shape index (κ1) is 29.1. The third-order valence-corrected chi connectivity index (χ3v) is 10.9. The van der Waals surface area contributed by atoms with E-state index < -0.39 is 60.6 Å². The highest BCUT2D eigenvalue weighted by atomic mass is 28.3. The van der Waals surface area contributed by atoms with Crippen LogP contribution >= 0.6 is 0 Å². The van der Waals surface area contributed by atoms with Crippen molar-refractivity contribution in [2.75, 3.05) is 39.7 Å². The van der Waals surface area contributed by atoms with Crippen molar-refractivity contribution < 1.29 is 37.2 Å². The van der Waals surface area contributed by atoms with Crippen LogP contribution < -0.4 is 15.2 Å². The number of carbonyl (C=O) groups excluding carboxylic acids is 2. The van der Waals surface area contributed by atoms with Gasteiger partial charge in [-0.2, -0.15) is 0 Å². The molecule has 40 heavy (non-hydrogen) atoms. The largest absolute Gasteiger partial charge is 0.545 e. The number of carboxylic acid groups (broad SMARTS) is 1. The highest BCUT2D eigenvalue weighted by Crippen LogP contribution is 2.44. The number of ether oxygens (including phenoxy) is 1. The van der Waals surface area contributed by atoms with Crippen LogP contribution in [0, 0.1) is 17.5 Å². The summed E-state index contributed by atoms with van der Waals surface area (Å²) < 4.78 is 53.7. The Morgan fingerprint density at radius 2 is 1.73 bits per heavy atom. The van der Waals surface area contributed by atoms with Crippen molar-refractivity contribution in [3.05, 3.63) is 86.9 Å². The van der Waals surface area contributed by atoms with E-state index in [1.807, 2.05) is 49.8 Å². The van der Waals surface area contributed by atoms with Crippen LogP contribution in [-0.4, -0.2) is 65.1 Å². The first-order chi connectivity index (χ1) is 18.7. The molecule has 0 N–H and O–H groups in total. The minimum absolute atomic E-state index is 0.0468. The van der Waals surface area contributed by atoms with E-state index in [0.29, 0.717) is 11.1 Å². The summed E-state index contributed by atoms with van der Waals surface area (Å²) in [6.45, 7) is 5.74. The molecule has 2 aromatic rings. The van der Waals surface area contributed by atoms with Crippen LogP contribution in [0.5, 0.6) is 0 Å². The zero-order valence-electron chi connectivity index (χ0n) is 23.5. The van der Waals surface area contributed by atoms with E-state index in [1.54, 1.807) is 24.3 Å². The maximum atomic E-state index is 16.4. The van der Waals surface area contributed by atoms with Gasteiger partial charge in [0.25, 0.3) is 0 Å². The lowest BCUT2D eigenvalue weighted by molar-refractivity contribution is -0.462. The maximum absolute atomic E-state index is 16.4. The second-order valence-corrected chi connectivity index (χ2v) is 15.0. The van der Waals surface area contributed by atoms with E-state index in [4.69, 9.17) is 4.74 Å². The van der Waals surface area contributed by atoms with Crippen LogP contribution in [0.25, 0.3) is 5.57 Å². The Bertz CT molecular complexity index is 1580. The highest BCUT2D eigenvalue weighted by Gasteiger charge is 2.42. The standard InChI is InChI=1S/C30H31F3N2O4Si/c1-8-39-23(36)15-20-27(31)25(26(30(37)38)29(33)28(20)32)24-18-11-9-16(34(2)3)13-21(18)40(6,7)22-14-17(35(4)5)10-12-19(22)24/h9-14H,8,15H2,1-7H3. The van der Waals surface area contributed by atoms with E-state index in [-0.39, 0.29) is 12.2 Å². The van der Waals surface area contributed by atoms with Gasteiger partial charge in [0.15, 0.2) is 17.3 Å². The van der Waals surface area contributed by atoms with Gasteiger partial charge < -0.3 is 19.5 Å². The summed E-state index contributed by atoms with van der Waals surface area (Å²) in [5.74, 6) is -7.93. The number of rotatable bonds is 6. The molecule has 6 nitrogen and oxygen atoms in total. The molecule has 1 aliphatic carbocycles. The number of carboxylic acids is 1. The van der Waals surface area contributed by atoms with Gasteiger partial charge in [0.2, 0.25) is 0 Å². The Labute approximate surface area is 232 Å². The molecule has 0 aromatic heterocycles. The molecule has 210 valence electrons. The summed E-state index contributed by atoms with van der Waals surface area (Å²) in [7, 11) is 5.03. The molecule has 2 aliphatic rings. The van der Waals surface area contributed by atoms with Crippen molar-refractivity contribution >= 4 is 42.2 Å². The van der Waals surface area contributed by atoms with Gasteiger partial charge in [-0.15, -0.1) is 0 Å². The van der Waals surface area contributed by atoms with Gasteiger partial charge in [-0.25, -0.2) is 17.7 Å². The zero-order chi connectivity index (χ0) is 29.7. The van der Waals surface area contributed by atoms with Crippen molar-refractivity contribution in [3.63, 3.8) is 0 Å². The average molecular weight is 569 g/mol. The summed E-state index contributed by atoms with van der Waals surface area (Å²) >= 11 is 0. The number of nitrogens with zero attached hydrogens (tertiary/aromatic N) is 2. The molecule has 0 spiro atoms. The lowest BCUT2D eigenvalue weighted by atomic mass is 9.85. The van der Waals surface area contributed by atoms with Crippen molar-refractivity contribution in [2.24, 2.45) is 0 Å². The predicted molar refractivity (Wildman–Crippen MR) is 149 cm³/mol. The number of aromatic carboxylic acids is 1. The van der Waals surface area contributed by atoms with Gasteiger partial charge in [0, 0.05) is 48.6 Å². The van der Waals surface area contributed by atoms with Crippen LogP contribution in [0.3, 0.4) is 0 Å². The fourth-order valence-electron chi connectivity index (χ4n) is 5.30. The molecule has 0 bridgehead atoms. The minimum atomic E-state index is -2.50.